The standard InChI is InChI=1S/C27H21N5O2S2/c1-31(2)36(33,34)23-12-8-9-19(16-23)26-21(18-32(30-26)22-10-4-3-5-11-22)15-20(17-28)27-29-24-13-6-7-14-25(24)35-27/h3-16,18H,1-2H3. The molecule has 0 atom stereocenters. The normalized spacial score (nSPS) is 12.2. The van der Waals surface area contributed by atoms with E-state index in [1.54, 1.807) is 29.0 Å². The maximum atomic E-state index is 12.8. The molecule has 0 saturated carbocycles. The fraction of sp³-hybridized carbons (Fsp3) is 0.0741. The Bertz CT molecular complexity index is 1710. The first-order valence-corrected chi connectivity index (χ1v) is 13.3. The molecule has 0 spiro atoms. The minimum atomic E-state index is -3.63. The summed E-state index contributed by atoms with van der Waals surface area (Å²) in [5.74, 6) is 0. The predicted molar refractivity (Wildman–Crippen MR) is 143 cm³/mol. The topological polar surface area (TPSA) is 91.9 Å². The quantitative estimate of drug-likeness (QED) is 0.282. The smallest absolute Gasteiger partial charge is 0.240 e. The van der Waals surface area contributed by atoms with Crippen molar-refractivity contribution in [2.45, 2.75) is 4.90 Å². The second-order valence-corrected chi connectivity index (χ2v) is 11.4. The molecule has 0 aliphatic rings. The van der Waals surface area contributed by atoms with Crippen molar-refractivity contribution in [3.05, 3.63) is 95.6 Å². The van der Waals surface area contributed by atoms with Gasteiger partial charge < -0.3 is 0 Å². The Balaban J connectivity index is 1.68. The number of sulfonamides is 1. The van der Waals surface area contributed by atoms with Gasteiger partial charge in [-0.25, -0.2) is 22.4 Å². The van der Waals surface area contributed by atoms with Crippen molar-refractivity contribution in [2.75, 3.05) is 14.1 Å². The van der Waals surface area contributed by atoms with Gasteiger partial charge in [-0.2, -0.15) is 10.4 Å². The van der Waals surface area contributed by atoms with E-state index in [0.717, 1.165) is 15.9 Å². The zero-order chi connectivity index (χ0) is 25.3. The van der Waals surface area contributed by atoms with Crippen molar-refractivity contribution < 1.29 is 8.42 Å². The largest absolute Gasteiger partial charge is 0.242 e. The molecule has 0 bridgehead atoms. The van der Waals surface area contributed by atoms with Gasteiger partial charge in [0.05, 0.1) is 26.4 Å². The highest BCUT2D eigenvalue weighted by atomic mass is 32.2. The van der Waals surface area contributed by atoms with Gasteiger partial charge in [-0.3, -0.25) is 0 Å². The van der Waals surface area contributed by atoms with Crippen molar-refractivity contribution in [3.63, 3.8) is 0 Å². The molecule has 0 fully saturated rings. The Morgan fingerprint density at radius 3 is 2.50 bits per heavy atom. The van der Waals surface area contributed by atoms with Crippen LogP contribution in [0.25, 0.3) is 38.8 Å². The van der Waals surface area contributed by atoms with E-state index in [-0.39, 0.29) is 4.90 Å². The highest BCUT2D eigenvalue weighted by Crippen LogP contribution is 2.32. The number of allylic oxidation sites excluding steroid dienone is 1. The Labute approximate surface area is 213 Å². The Hall–Kier alpha value is -4.10. The maximum Gasteiger partial charge on any atom is 0.242 e. The summed E-state index contributed by atoms with van der Waals surface area (Å²) in [6.45, 7) is 0. The van der Waals surface area contributed by atoms with E-state index in [9.17, 15) is 13.7 Å². The minimum absolute atomic E-state index is 0.167. The fourth-order valence-electron chi connectivity index (χ4n) is 3.73. The fourth-order valence-corrected chi connectivity index (χ4v) is 5.61. The van der Waals surface area contributed by atoms with Gasteiger partial charge in [0, 0.05) is 31.4 Å². The lowest BCUT2D eigenvalue weighted by atomic mass is 10.1. The Kier molecular flexibility index (Phi) is 6.24. The Morgan fingerprint density at radius 2 is 1.78 bits per heavy atom. The first-order valence-electron chi connectivity index (χ1n) is 11.0. The number of hydrogen-bond acceptors (Lipinski definition) is 6. The van der Waals surface area contributed by atoms with E-state index in [1.807, 2.05) is 66.9 Å². The summed E-state index contributed by atoms with van der Waals surface area (Å²) in [6, 6.07) is 26.3. The third kappa shape index (κ3) is 4.45. The van der Waals surface area contributed by atoms with E-state index >= 15 is 0 Å². The van der Waals surface area contributed by atoms with Crippen LogP contribution in [0.3, 0.4) is 0 Å². The molecule has 2 aromatic heterocycles. The van der Waals surface area contributed by atoms with Gasteiger partial charge in [0.15, 0.2) is 0 Å². The van der Waals surface area contributed by atoms with Crippen LogP contribution in [0, 0.1) is 11.3 Å². The first kappa shape index (κ1) is 23.6. The molecule has 7 nitrogen and oxygen atoms in total. The number of aromatic nitrogens is 3. The van der Waals surface area contributed by atoms with Crippen LogP contribution in [0.15, 0.2) is 90.0 Å². The van der Waals surface area contributed by atoms with Crippen molar-refractivity contribution in [1.82, 2.24) is 19.1 Å². The van der Waals surface area contributed by atoms with Crippen molar-refractivity contribution >= 4 is 43.2 Å². The van der Waals surface area contributed by atoms with Crippen LogP contribution in [0.5, 0.6) is 0 Å². The van der Waals surface area contributed by atoms with E-state index in [1.165, 1.54) is 29.7 Å². The lowest BCUT2D eigenvalue weighted by Gasteiger charge is -2.12. The third-order valence-electron chi connectivity index (χ3n) is 5.59. The zero-order valence-corrected chi connectivity index (χ0v) is 21.2. The maximum absolute atomic E-state index is 12.8. The molecular weight excluding hydrogens is 490 g/mol. The van der Waals surface area contributed by atoms with Crippen LogP contribution in [0.4, 0.5) is 0 Å². The van der Waals surface area contributed by atoms with E-state index in [2.05, 4.69) is 11.1 Å². The molecule has 3 aromatic carbocycles. The highest BCUT2D eigenvalue weighted by molar-refractivity contribution is 7.89. The van der Waals surface area contributed by atoms with Gasteiger partial charge in [0.25, 0.3) is 0 Å². The van der Waals surface area contributed by atoms with Crippen LogP contribution in [0.1, 0.15) is 10.6 Å². The number of benzene rings is 3. The van der Waals surface area contributed by atoms with Crippen molar-refractivity contribution in [1.29, 1.82) is 5.26 Å². The second-order valence-electron chi connectivity index (χ2n) is 8.18. The molecular formula is C27H21N5O2S2. The number of para-hydroxylation sites is 2. The van der Waals surface area contributed by atoms with Gasteiger partial charge >= 0.3 is 0 Å². The molecule has 178 valence electrons. The van der Waals surface area contributed by atoms with Crippen LogP contribution in [0.2, 0.25) is 0 Å². The van der Waals surface area contributed by atoms with Crippen LogP contribution in [-0.4, -0.2) is 41.6 Å². The average molecular weight is 512 g/mol. The monoisotopic (exact) mass is 511 g/mol. The van der Waals surface area contributed by atoms with E-state index < -0.39 is 10.0 Å². The molecule has 36 heavy (non-hydrogen) atoms. The number of fused-ring (bicyclic) bond motifs is 1. The summed E-state index contributed by atoms with van der Waals surface area (Å²) in [4.78, 5) is 4.80. The average Bonchev–Trinajstić information content (AvgIpc) is 3.52. The number of hydrogen-bond donors (Lipinski definition) is 0. The van der Waals surface area contributed by atoms with Crippen LogP contribution < -0.4 is 0 Å². The molecule has 0 aliphatic heterocycles. The predicted octanol–water partition coefficient (Wildman–Crippen LogP) is 5.46. The van der Waals surface area contributed by atoms with Crippen LogP contribution >= 0.6 is 11.3 Å². The summed E-state index contributed by atoms with van der Waals surface area (Å²) in [7, 11) is -0.633. The molecule has 0 N–H and O–H groups in total. The number of nitrogens with zero attached hydrogens (tertiary/aromatic N) is 5. The summed E-state index contributed by atoms with van der Waals surface area (Å²) >= 11 is 1.45. The van der Waals surface area contributed by atoms with Crippen LogP contribution in [-0.2, 0) is 10.0 Å². The summed E-state index contributed by atoms with van der Waals surface area (Å²) in [5, 5.41) is 15.4. The number of thiazole rings is 1. The van der Waals surface area contributed by atoms with Crippen molar-refractivity contribution in [2.24, 2.45) is 0 Å². The van der Waals surface area contributed by atoms with Crippen molar-refractivity contribution in [3.8, 4) is 23.0 Å². The first-order chi connectivity index (χ1) is 17.4. The molecule has 0 saturated heterocycles. The summed E-state index contributed by atoms with van der Waals surface area (Å²) < 4.78 is 29.4. The molecule has 0 radical (unpaired) electrons. The zero-order valence-electron chi connectivity index (χ0n) is 19.5. The molecule has 5 rings (SSSR count). The minimum Gasteiger partial charge on any atom is -0.240 e. The Morgan fingerprint density at radius 1 is 1.03 bits per heavy atom. The molecule has 5 aromatic rings. The van der Waals surface area contributed by atoms with Gasteiger partial charge in [-0.15, -0.1) is 11.3 Å². The molecule has 0 unspecified atom stereocenters. The van der Waals surface area contributed by atoms with Gasteiger partial charge in [-0.05, 0) is 42.5 Å². The van der Waals surface area contributed by atoms with E-state index in [0.29, 0.717) is 27.4 Å². The second kappa shape index (κ2) is 9.51. The van der Waals surface area contributed by atoms with Gasteiger partial charge in [0.2, 0.25) is 10.0 Å². The molecule has 2 heterocycles. The third-order valence-corrected chi connectivity index (χ3v) is 8.47. The summed E-state index contributed by atoms with van der Waals surface area (Å²) in [6.07, 6.45) is 3.59. The highest BCUT2D eigenvalue weighted by Gasteiger charge is 2.20. The molecule has 0 aliphatic carbocycles. The lowest BCUT2D eigenvalue weighted by molar-refractivity contribution is 0.521. The molecule has 0 amide bonds. The van der Waals surface area contributed by atoms with Gasteiger partial charge in [-0.1, -0.05) is 42.5 Å². The number of nitriles is 1. The van der Waals surface area contributed by atoms with E-state index in [4.69, 9.17) is 5.10 Å². The molecule has 9 heteroatoms. The summed E-state index contributed by atoms with van der Waals surface area (Å²) in [5.41, 5.74) is 3.94. The van der Waals surface area contributed by atoms with Gasteiger partial charge in [0.1, 0.15) is 16.8 Å². The number of rotatable bonds is 6. The SMILES string of the molecule is CN(C)S(=O)(=O)c1cccc(-c2nn(-c3ccccc3)cc2C=C(C#N)c2nc3ccccc3s2)c1. The lowest BCUT2D eigenvalue weighted by Crippen LogP contribution is -2.22.